The standard InChI is InChI=1S/C29H42N2O3/c1-2-3-4-5-6-7-8-9-10-11-12-13-14-15-16-21-28(32)31-27(29(33)34)22-24-23-30-26-20-18-17-19-25(24)26/h6-7,9-10,17-20,23,27,30H,2-5,8,11-16,21-22H2,1H3,(H,31,32)(H,33,34)/b7-6-,10-9-. The number of fused-ring (bicyclic) bond motifs is 1. The smallest absolute Gasteiger partial charge is 0.326 e. The molecule has 0 aliphatic heterocycles. The molecular weight excluding hydrogens is 424 g/mol. The van der Waals surface area contributed by atoms with E-state index in [1.54, 1.807) is 0 Å². The Balaban J connectivity index is 1.54. The minimum absolute atomic E-state index is 0.182. The molecule has 3 N–H and O–H groups in total. The number of amides is 1. The molecule has 186 valence electrons. The van der Waals surface area contributed by atoms with E-state index >= 15 is 0 Å². The zero-order valence-corrected chi connectivity index (χ0v) is 20.7. The zero-order valence-electron chi connectivity index (χ0n) is 20.7. The highest BCUT2D eigenvalue weighted by Crippen LogP contribution is 2.19. The Hall–Kier alpha value is -2.82. The van der Waals surface area contributed by atoms with E-state index in [1.807, 2.05) is 30.5 Å². The summed E-state index contributed by atoms with van der Waals surface area (Å²) in [5.74, 6) is -1.18. The summed E-state index contributed by atoms with van der Waals surface area (Å²) in [6.07, 6.45) is 24.0. The van der Waals surface area contributed by atoms with E-state index in [1.165, 1.54) is 32.1 Å². The molecule has 1 atom stereocenters. The number of para-hydroxylation sites is 1. The Labute approximate surface area is 204 Å². The third kappa shape index (κ3) is 10.9. The van der Waals surface area contributed by atoms with Crippen LogP contribution < -0.4 is 5.32 Å². The molecular formula is C29H42N2O3. The number of aromatic nitrogens is 1. The van der Waals surface area contributed by atoms with E-state index in [0.717, 1.165) is 55.0 Å². The minimum Gasteiger partial charge on any atom is -0.480 e. The van der Waals surface area contributed by atoms with Crippen molar-refractivity contribution in [1.29, 1.82) is 0 Å². The molecule has 1 unspecified atom stereocenters. The van der Waals surface area contributed by atoms with Gasteiger partial charge >= 0.3 is 5.97 Å². The van der Waals surface area contributed by atoms with E-state index in [9.17, 15) is 14.7 Å². The van der Waals surface area contributed by atoms with Crippen molar-refractivity contribution in [1.82, 2.24) is 10.3 Å². The van der Waals surface area contributed by atoms with Gasteiger partial charge in [0.2, 0.25) is 5.91 Å². The van der Waals surface area contributed by atoms with Gasteiger partial charge in [0.05, 0.1) is 0 Å². The fourth-order valence-corrected chi connectivity index (χ4v) is 4.08. The number of hydrogen-bond donors (Lipinski definition) is 3. The molecule has 34 heavy (non-hydrogen) atoms. The van der Waals surface area contributed by atoms with E-state index in [2.05, 4.69) is 41.5 Å². The summed E-state index contributed by atoms with van der Waals surface area (Å²) in [7, 11) is 0. The van der Waals surface area contributed by atoms with Gasteiger partial charge in [-0.25, -0.2) is 4.79 Å². The normalized spacial score (nSPS) is 12.6. The number of aliphatic carboxylic acids is 1. The Morgan fingerprint density at radius 2 is 1.62 bits per heavy atom. The number of carbonyl (C=O) groups is 2. The molecule has 2 rings (SSSR count). The Morgan fingerprint density at radius 1 is 0.941 bits per heavy atom. The summed E-state index contributed by atoms with van der Waals surface area (Å²) < 4.78 is 0. The van der Waals surface area contributed by atoms with E-state index in [-0.39, 0.29) is 12.3 Å². The number of aromatic amines is 1. The van der Waals surface area contributed by atoms with Gasteiger partial charge < -0.3 is 15.4 Å². The lowest BCUT2D eigenvalue weighted by Gasteiger charge is -2.14. The number of benzene rings is 1. The van der Waals surface area contributed by atoms with Crippen LogP contribution in [0.1, 0.15) is 89.5 Å². The number of rotatable bonds is 18. The van der Waals surface area contributed by atoms with Crippen molar-refractivity contribution >= 4 is 22.8 Å². The SMILES string of the molecule is CCCCC/C=C\C/C=C\CCCCCCCC(=O)NC(Cc1c[nH]c2ccccc12)C(=O)O. The van der Waals surface area contributed by atoms with Crippen molar-refractivity contribution in [3.05, 3.63) is 60.3 Å². The van der Waals surface area contributed by atoms with Gasteiger partial charge in [-0.2, -0.15) is 0 Å². The third-order valence-corrected chi connectivity index (χ3v) is 6.09. The molecule has 2 aromatic rings. The summed E-state index contributed by atoms with van der Waals surface area (Å²) in [6, 6.07) is 6.87. The van der Waals surface area contributed by atoms with Gasteiger partial charge in [-0.1, -0.05) is 81.5 Å². The first-order chi connectivity index (χ1) is 16.6. The fraction of sp³-hybridized carbons (Fsp3) is 0.517. The third-order valence-electron chi connectivity index (χ3n) is 6.09. The van der Waals surface area contributed by atoms with Gasteiger partial charge in [0, 0.05) is 29.9 Å². The van der Waals surface area contributed by atoms with Crippen LogP contribution >= 0.6 is 0 Å². The van der Waals surface area contributed by atoms with Gasteiger partial charge in [0.25, 0.3) is 0 Å². The predicted octanol–water partition coefficient (Wildman–Crippen LogP) is 7.09. The van der Waals surface area contributed by atoms with Crippen LogP contribution in [0.4, 0.5) is 0 Å². The van der Waals surface area contributed by atoms with Gasteiger partial charge in [0.15, 0.2) is 0 Å². The second kappa shape index (κ2) is 16.7. The van der Waals surface area contributed by atoms with Gasteiger partial charge in [0.1, 0.15) is 6.04 Å². The highest BCUT2D eigenvalue weighted by molar-refractivity contribution is 5.86. The van der Waals surface area contributed by atoms with Crippen LogP contribution in [0.3, 0.4) is 0 Å². The molecule has 0 aliphatic rings. The van der Waals surface area contributed by atoms with Crippen LogP contribution in [0.15, 0.2) is 54.8 Å². The van der Waals surface area contributed by atoms with Crippen molar-refractivity contribution in [2.24, 2.45) is 0 Å². The number of carboxylic acids is 1. The average molecular weight is 467 g/mol. The molecule has 1 aromatic heterocycles. The highest BCUT2D eigenvalue weighted by Gasteiger charge is 2.21. The summed E-state index contributed by atoms with van der Waals surface area (Å²) in [5, 5.41) is 13.3. The van der Waals surface area contributed by atoms with E-state index in [4.69, 9.17) is 0 Å². The summed E-state index contributed by atoms with van der Waals surface area (Å²) >= 11 is 0. The van der Waals surface area contributed by atoms with E-state index in [0.29, 0.717) is 6.42 Å². The summed E-state index contributed by atoms with van der Waals surface area (Å²) in [6.45, 7) is 2.23. The molecule has 1 aromatic carbocycles. The highest BCUT2D eigenvalue weighted by atomic mass is 16.4. The van der Waals surface area contributed by atoms with Crippen molar-refractivity contribution in [3.8, 4) is 0 Å². The van der Waals surface area contributed by atoms with Crippen LogP contribution in [-0.2, 0) is 16.0 Å². The van der Waals surface area contributed by atoms with Crippen LogP contribution in [0.5, 0.6) is 0 Å². The maximum atomic E-state index is 12.3. The Bertz CT molecular complexity index is 913. The minimum atomic E-state index is -1.00. The molecule has 0 saturated heterocycles. The fourth-order valence-electron chi connectivity index (χ4n) is 4.08. The number of unbranched alkanes of at least 4 members (excludes halogenated alkanes) is 8. The molecule has 5 nitrogen and oxygen atoms in total. The van der Waals surface area contributed by atoms with Gasteiger partial charge in [-0.15, -0.1) is 0 Å². The number of allylic oxidation sites excluding steroid dienone is 4. The molecule has 0 spiro atoms. The lowest BCUT2D eigenvalue weighted by Crippen LogP contribution is -2.42. The molecule has 0 saturated carbocycles. The van der Waals surface area contributed by atoms with Gasteiger partial charge in [-0.05, 0) is 50.2 Å². The monoisotopic (exact) mass is 466 g/mol. The first-order valence-electron chi connectivity index (χ1n) is 13.0. The maximum Gasteiger partial charge on any atom is 0.326 e. The number of nitrogens with one attached hydrogen (secondary N) is 2. The molecule has 1 amide bonds. The van der Waals surface area contributed by atoms with Crippen molar-refractivity contribution < 1.29 is 14.7 Å². The number of H-pyrrole nitrogens is 1. The molecule has 0 fully saturated rings. The largest absolute Gasteiger partial charge is 0.480 e. The van der Waals surface area contributed by atoms with Crippen LogP contribution in [0.2, 0.25) is 0 Å². The quantitative estimate of drug-likeness (QED) is 0.162. The van der Waals surface area contributed by atoms with E-state index < -0.39 is 12.0 Å². The molecule has 0 bridgehead atoms. The second-order valence-corrected chi connectivity index (χ2v) is 9.00. The summed E-state index contributed by atoms with van der Waals surface area (Å²) in [4.78, 5) is 27.1. The van der Waals surface area contributed by atoms with Gasteiger partial charge in [-0.3, -0.25) is 4.79 Å². The van der Waals surface area contributed by atoms with Crippen LogP contribution in [0, 0.1) is 0 Å². The summed E-state index contributed by atoms with van der Waals surface area (Å²) in [5.41, 5.74) is 1.87. The second-order valence-electron chi connectivity index (χ2n) is 9.00. The van der Waals surface area contributed by atoms with Crippen molar-refractivity contribution in [2.75, 3.05) is 0 Å². The predicted molar refractivity (Wildman–Crippen MR) is 141 cm³/mol. The lowest BCUT2D eigenvalue weighted by molar-refractivity contribution is -0.141. The maximum absolute atomic E-state index is 12.3. The number of hydrogen-bond acceptors (Lipinski definition) is 2. The Kier molecular flexibility index (Phi) is 13.5. The zero-order chi connectivity index (χ0) is 24.4. The van der Waals surface area contributed by atoms with Crippen LogP contribution in [0.25, 0.3) is 10.9 Å². The number of carbonyl (C=O) groups excluding carboxylic acids is 1. The molecule has 0 radical (unpaired) electrons. The molecule has 5 heteroatoms. The number of carboxylic acid groups (broad SMARTS) is 1. The van der Waals surface area contributed by atoms with Crippen molar-refractivity contribution in [3.63, 3.8) is 0 Å². The Morgan fingerprint density at radius 3 is 2.35 bits per heavy atom. The van der Waals surface area contributed by atoms with Crippen LogP contribution in [-0.4, -0.2) is 28.0 Å². The first kappa shape index (κ1) is 27.4. The average Bonchev–Trinajstić information content (AvgIpc) is 3.24. The van der Waals surface area contributed by atoms with Crippen molar-refractivity contribution in [2.45, 2.75) is 96.4 Å². The lowest BCUT2D eigenvalue weighted by atomic mass is 10.0. The molecule has 1 heterocycles. The topological polar surface area (TPSA) is 82.2 Å². The molecule has 0 aliphatic carbocycles. The first-order valence-corrected chi connectivity index (χ1v) is 13.0.